The van der Waals surface area contributed by atoms with Gasteiger partial charge in [-0.15, -0.1) is 0 Å². The van der Waals surface area contributed by atoms with Crippen LogP contribution in [0.3, 0.4) is 0 Å². The molecule has 0 aromatic heterocycles. The van der Waals surface area contributed by atoms with Gasteiger partial charge in [-0.25, -0.2) is 9.59 Å². The lowest BCUT2D eigenvalue weighted by molar-refractivity contribution is -0.150. The zero-order valence-corrected chi connectivity index (χ0v) is 10.8. The molecule has 1 amide bonds. The Morgan fingerprint density at radius 3 is 2.28 bits per heavy atom. The van der Waals surface area contributed by atoms with E-state index in [0.29, 0.717) is 0 Å². The number of nitrogens with one attached hydrogen (secondary N) is 1. The summed E-state index contributed by atoms with van der Waals surface area (Å²) in [6.07, 6.45) is 0.261. The Kier molecular flexibility index (Phi) is 6.96. The van der Waals surface area contributed by atoms with Crippen LogP contribution in [-0.4, -0.2) is 41.6 Å². The van der Waals surface area contributed by atoms with Gasteiger partial charge in [0.05, 0.1) is 6.61 Å². The predicted molar refractivity (Wildman–Crippen MR) is 63.6 cm³/mol. The van der Waals surface area contributed by atoms with Crippen LogP contribution in [0.1, 0.15) is 27.2 Å². The minimum Gasteiger partial charge on any atom is -0.480 e. The summed E-state index contributed by atoms with van der Waals surface area (Å²) >= 11 is 0. The van der Waals surface area contributed by atoms with Crippen LogP contribution in [0.25, 0.3) is 0 Å². The number of aliphatic carboxylic acids is 1. The average Bonchev–Trinajstić information content (AvgIpc) is 2.26. The third kappa shape index (κ3) is 5.62. The molecule has 0 aliphatic rings. The highest BCUT2D eigenvalue weighted by atomic mass is 16.5. The number of hydrogen-bond donors (Lipinski definition) is 3. The van der Waals surface area contributed by atoms with E-state index < -0.39 is 29.9 Å². The van der Waals surface area contributed by atoms with Crippen molar-refractivity contribution in [2.24, 2.45) is 11.7 Å². The summed E-state index contributed by atoms with van der Waals surface area (Å²) in [5.74, 6) is -2.79. The van der Waals surface area contributed by atoms with E-state index in [1.54, 1.807) is 6.92 Å². The van der Waals surface area contributed by atoms with Crippen molar-refractivity contribution < 1.29 is 24.2 Å². The Hall–Kier alpha value is -1.63. The zero-order chi connectivity index (χ0) is 14.3. The molecule has 0 heterocycles. The number of carbonyl (C=O) groups excluding carboxylic acids is 2. The van der Waals surface area contributed by atoms with Crippen LogP contribution in [0.2, 0.25) is 0 Å². The number of hydrogen-bond acceptors (Lipinski definition) is 5. The van der Waals surface area contributed by atoms with Crippen molar-refractivity contribution in [1.29, 1.82) is 0 Å². The first-order chi connectivity index (χ1) is 8.29. The van der Waals surface area contributed by atoms with Crippen LogP contribution >= 0.6 is 0 Å². The molecule has 0 saturated carbocycles. The summed E-state index contributed by atoms with van der Waals surface area (Å²) in [6, 6.07) is -2.56. The molecular weight excluding hydrogens is 240 g/mol. The summed E-state index contributed by atoms with van der Waals surface area (Å²) in [5.41, 5.74) is 5.35. The summed E-state index contributed by atoms with van der Waals surface area (Å²) < 4.78 is 4.58. The predicted octanol–water partition coefficient (Wildman–Crippen LogP) is -0.508. The second-order valence-electron chi connectivity index (χ2n) is 4.26. The highest BCUT2D eigenvalue weighted by Gasteiger charge is 2.28. The molecule has 0 spiro atoms. The molecule has 1 unspecified atom stereocenters. The number of carboxylic acids is 1. The molecule has 4 N–H and O–H groups in total. The Bertz CT molecular complexity index is 317. The Morgan fingerprint density at radius 2 is 1.89 bits per heavy atom. The molecular formula is C11H20N2O5. The minimum absolute atomic E-state index is 0.0882. The quantitative estimate of drug-likeness (QED) is 0.419. The Balaban J connectivity index is 4.50. The molecule has 18 heavy (non-hydrogen) atoms. The van der Waals surface area contributed by atoms with Crippen LogP contribution in [0.15, 0.2) is 0 Å². The van der Waals surface area contributed by atoms with Crippen LogP contribution in [0.5, 0.6) is 0 Å². The van der Waals surface area contributed by atoms with Gasteiger partial charge in [0.15, 0.2) is 6.04 Å². The van der Waals surface area contributed by atoms with Gasteiger partial charge in [-0.3, -0.25) is 4.79 Å². The molecule has 0 fully saturated rings. The van der Waals surface area contributed by atoms with Gasteiger partial charge in [0.25, 0.3) is 0 Å². The van der Waals surface area contributed by atoms with Crippen LogP contribution < -0.4 is 11.1 Å². The van der Waals surface area contributed by atoms with Gasteiger partial charge in [0, 0.05) is 0 Å². The maximum Gasteiger partial charge on any atom is 0.332 e. The monoisotopic (exact) mass is 260 g/mol. The normalized spacial score (nSPS) is 13.8. The van der Waals surface area contributed by atoms with Gasteiger partial charge in [-0.05, 0) is 19.3 Å². The molecule has 0 bridgehead atoms. The van der Waals surface area contributed by atoms with Crippen LogP contribution in [-0.2, 0) is 19.1 Å². The maximum atomic E-state index is 11.6. The number of nitrogens with two attached hydrogens (primary N) is 1. The summed E-state index contributed by atoms with van der Waals surface area (Å²) in [7, 11) is 0. The smallest absolute Gasteiger partial charge is 0.332 e. The molecule has 0 aromatic rings. The van der Waals surface area contributed by atoms with Gasteiger partial charge in [-0.1, -0.05) is 13.8 Å². The number of carboxylic acid groups (broad SMARTS) is 1. The van der Waals surface area contributed by atoms with E-state index in [4.69, 9.17) is 10.8 Å². The van der Waals surface area contributed by atoms with Gasteiger partial charge in [0.1, 0.15) is 6.04 Å². The van der Waals surface area contributed by atoms with Crippen molar-refractivity contribution in [2.45, 2.75) is 39.3 Å². The molecule has 0 aliphatic heterocycles. The number of amides is 1. The third-order valence-corrected chi connectivity index (χ3v) is 2.14. The zero-order valence-electron chi connectivity index (χ0n) is 10.8. The van der Waals surface area contributed by atoms with E-state index in [0.717, 1.165) is 0 Å². The lowest BCUT2D eigenvalue weighted by Crippen LogP contribution is -2.52. The van der Waals surface area contributed by atoms with Gasteiger partial charge < -0.3 is 20.9 Å². The molecule has 0 aromatic carbocycles. The van der Waals surface area contributed by atoms with Crippen LogP contribution in [0.4, 0.5) is 0 Å². The average molecular weight is 260 g/mol. The second kappa shape index (κ2) is 7.65. The minimum atomic E-state index is -1.50. The van der Waals surface area contributed by atoms with Crippen molar-refractivity contribution in [3.05, 3.63) is 0 Å². The van der Waals surface area contributed by atoms with E-state index in [9.17, 15) is 14.4 Å². The fourth-order valence-corrected chi connectivity index (χ4v) is 1.29. The largest absolute Gasteiger partial charge is 0.480 e. The van der Waals surface area contributed by atoms with Crippen molar-refractivity contribution in [1.82, 2.24) is 5.32 Å². The fraction of sp³-hybridized carbons (Fsp3) is 0.727. The molecule has 7 heteroatoms. The standard InChI is InChI=1S/C11H20N2O5/c1-4-18-11(17)8(12)9(14)13-7(10(15)16)5-6(2)3/h6-8H,4-5,12H2,1-3H3,(H,13,14)(H,15,16)/t7-,8?/m1/s1. The van der Waals surface area contributed by atoms with Crippen molar-refractivity contribution >= 4 is 17.8 Å². The first-order valence-corrected chi connectivity index (χ1v) is 5.75. The number of carbonyl (C=O) groups is 3. The second-order valence-corrected chi connectivity index (χ2v) is 4.26. The van der Waals surface area contributed by atoms with Crippen molar-refractivity contribution in [3.63, 3.8) is 0 Å². The molecule has 2 atom stereocenters. The van der Waals surface area contributed by atoms with E-state index in [2.05, 4.69) is 10.1 Å². The van der Waals surface area contributed by atoms with Crippen molar-refractivity contribution in [3.8, 4) is 0 Å². The van der Waals surface area contributed by atoms with Gasteiger partial charge >= 0.3 is 11.9 Å². The number of esters is 1. The summed E-state index contributed by atoms with van der Waals surface area (Å²) in [5, 5.41) is 11.1. The van der Waals surface area contributed by atoms with Crippen LogP contribution in [0, 0.1) is 5.92 Å². The summed E-state index contributed by atoms with van der Waals surface area (Å²) in [6.45, 7) is 5.34. The van der Waals surface area contributed by atoms with E-state index in [1.807, 2.05) is 13.8 Å². The first-order valence-electron chi connectivity index (χ1n) is 5.75. The first kappa shape index (κ1) is 16.4. The molecule has 7 nitrogen and oxygen atoms in total. The maximum absolute atomic E-state index is 11.6. The van der Waals surface area contributed by atoms with Crippen molar-refractivity contribution in [2.75, 3.05) is 6.61 Å². The Morgan fingerprint density at radius 1 is 1.33 bits per heavy atom. The molecule has 0 radical (unpaired) electrons. The lowest BCUT2D eigenvalue weighted by atomic mass is 10.0. The van der Waals surface area contributed by atoms with E-state index in [1.165, 1.54) is 0 Å². The lowest BCUT2D eigenvalue weighted by Gasteiger charge is -2.18. The fourth-order valence-electron chi connectivity index (χ4n) is 1.29. The van der Waals surface area contributed by atoms with E-state index in [-0.39, 0.29) is 18.9 Å². The number of ether oxygens (including phenoxy) is 1. The molecule has 0 saturated heterocycles. The SMILES string of the molecule is CCOC(=O)C(N)C(=O)N[C@H](CC(C)C)C(=O)O. The molecule has 104 valence electrons. The van der Waals surface area contributed by atoms with E-state index >= 15 is 0 Å². The number of rotatable bonds is 7. The third-order valence-electron chi connectivity index (χ3n) is 2.14. The topological polar surface area (TPSA) is 119 Å². The molecule has 0 aliphatic carbocycles. The van der Waals surface area contributed by atoms with Gasteiger partial charge in [-0.2, -0.15) is 0 Å². The summed E-state index contributed by atoms with van der Waals surface area (Å²) in [4.78, 5) is 33.7. The van der Waals surface area contributed by atoms with Gasteiger partial charge in [0.2, 0.25) is 5.91 Å². The Labute approximate surface area is 106 Å². The highest BCUT2D eigenvalue weighted by Crippen LogP contribution is 2.05. The highest BCUT2D eigenvalue weighted by molar-refractivity contribution is 6.02. The molecule has 0 rings (SSSR count).